The van der Waals surface area contributed by atoms with Crippen molar-refractivity contribution in [1.29, 1.82) is 0 Å². The first-order valence-corrected chi connectivity index (χ1v) is 13.5. The Morgan fingerprint density at radius 3 is 2.59 bits per heavy atom. The lowest BCUT2D eigenvalue weighted by Gasteiger charge is -2.39. The highest BCUT2D eigenvalue weighted by Gasteiger charge is 2.36. The van der Waals surface area contributed by atoms with Crippen LogP contribution in [0.3, 0.4) is 0 Å². The molecule has 12 heteroatoms. The van der Waals surface area contributed by atoms with Gasteiger partial charge in [0.15, 0.2) is 0 Å². The molecule has 2 fully saturated rings. The zero-order valence-electron chi connectivity index (χ0n) is 22.7. The Balaban J connectivity index is 1.28. The number of fused-ring (bicyclic) bond motifs is 1. The van der Waals surface area contributed by atoms with Crippen molar-refractivity contribution in [3.8, 4) is 11.3 Å². The first-order valence-electron chi connectivity index (χ1n) is 13.5. The molecule has 0 bridgehead atoms. The van der Waals surface area contributed by atoms with Crippen molar-refractivity contribution in [1.82, 2.24) is 24.9 Å². The van der Waals surface area contributed by atoms with E-state index in [0.29, 0.717) is 36.7 Å². The molecule has 1 saturated carbocycles. The number of methoxy groups -OCH3 is 1. The minimum absolute atomic E-state index is 0.00156. The minimum Gasteiger partial charge on any atom is -0.453 e. The van der Waals surface area contributed by atoms with Gasteiger partial charge in [0.2, 0.25) is 5.95 Å². The van der Waals surface area contributed by atoms with Crippen LogP contribution in [0.1, 0.15) is 42.7 Å². The summed E-state index contributed by atoms with van der Waals surface area (Å²) < 4.78 is 41.7. The molecular weight excluding hydrogens is 532 g/mol. The predicted molar refractivity (Wildman–Crippen MR) is 148 cm³/mol. The van der Waals surface area contributed by atoms with E-state index in [1.54, 1.807) is 30.7 Å². The maximum absolute atomic E-state index is 15.1. The van der Waals surface area contributed by atoms with Crippen molar-refractivity contribution in [2.24, 2.45) is 11.7 Å². The van der Waals surface area contributed by atoms with Crippen molar-refractivity contribution in [3.05, 3.63) is 71.7 Å². The second-order valence-corrected chi connectivity index (χ2v) is 10.8. The van der Waals surface area contributed by atoms with Crippen LogP contribution in [0.25, 0.3) is 16.8 Å². The molecule has 1 amide bonds. The quantitative estimate of drug-likeness (QED) is 0.313. The molecule has 4 atom stereocenters. The fraction of sp³-hybridized carbons (Fsp3) is 0.379. The van der Waals surface area contributed by atoms with Crippen molar-refractivity contribution in [3.63, 3.8) is 0 Å². The number of carbonyl (C=O) groups excluding carboxylic acids is 1. The van der Waals surface area contributed by atoms with Gasteiger partial charge < -0.3 is 25.8 Å². The van der Waals surface area contributed by atoms with E-state index in [2.05, 4.69) is 32.6 Å². The maximum Gasteiger partial charge on any atom is 0.407 e. The number of nitrogens with zero attached hydrogens (tertiary/aromatic N) is 4. The number of amides is 1. The number of carbonyl (C=O) groups is 1. The number of benzene rings is 1. The van der Waals surface area contributed by atoms with E-state index in [0.717, 1.165) is 17.7 Å². The normalized spacial score (nSPS) is 22.8. The van der Waals surface area contributed by atoms with Gasteiger partial charge in [-0.1, -0.05) is 6.92 Å². The zero-order valence-corrected chi connectivity index (χ0v) is 22.7. The summed E-state index contributed by atoms with van der Waals surface area (Å²) in [5.41, 5.74) is 9.39. The first-order chi connectivity index (χ1) is 19.8. The van der Waals surface area contributed by atoms with Gasteiger partial charge in [-0.05, 0) is 66.1 Å². The highest BCUT2D eigenvalue weighted by molar-refractivity contribution is 5.68. The molecule has 4 heterocycles. The summed E-state index contributed by atoms with van der Waals surface area (Å²) in [6.07, 6.45) is 5.99. The van der Waals surface area contributed by atoms with Crippen molar-refractivity contribution in [2.45, 2.75) is 43.7 Å². The molecule has 214 valence electrons. The molecule has 1 aliphatic heterocycles. The molecule has 1 aliphatic carbocycles. The molecule has 4 aromatic rings. The largest absolute Gasteiger partial charge is 0.453 e. The average molecular weight is 564 g/mol. The molecule has 4 unspecified atom stereocenters. The third-order valence-electron chi connectivity index (χ3n) is 8.11. The topological polar surface area (TPSA) is 129 Å². The van der Waals surface area contributed by atoms with E-state index in [9.17, 15) is 4.79 Å². The Bertz CT molecular complexity index is 1560. The fourth-order valence-corrected chi connectivity index (χ4v) is 5.88. The van der Waals surface area contributed by atoms with Crippen LogP contribution in [0.4, 0.5) is 25.2 Å². The van der Waals surface area contributed by atoms with E-state index in [4.69, 9.17) is 15.2 Å². The number of halogens is 2. The van der Waals surface area contributed by atoms with Crippen LogP contribution < -0.4 is 16.4 Å². The lowest BCUT2D eigenvalue weighted by Crippen LogP contribution is -2.54. The number of ether oxygens (including phenoxy) is 2. The number of anilines is 2. The molecule has 3 aromatic heterocycles. The Labute approximate surface area is 235 Å². The second-order valence-electron chi connectivity index (χ2n) is 10.8. The van der Waals surface area contributed by atoms with Crippen LogP contribution in [0.5, 0.6) is 0 Å². The van der Waals surface area contributed by atoms with Gasteiger partial charge in [0.25, 0.3) is 0 Å². The van der Waals surface area contributed by atoms with Gasteiger partial charge >= 0.3 is 6.09 Å². The molecule has 4 N–H and O–H groups in total. The van der Waals surface area contributed by atoms with Crippen molar-refractivity contribution >= 4 is 23.2 Å². The van der Waals surface area contributed by atoms with E-state index >= 15 is 8.78 Å². The maximum atomic E-state index is 15.1. The standard InChI is InChI=1S/C29H31F2N7O3/c1-15-7-17(10-23(32)27(15)36-29(39)40-2)20-5-6-33-12-25(20)35-28-34-11-19-3-4-24(37-38(19)28)26-21(30)8-16(9-22(26)31)18-13-41-14-18/h3-6,8-9,11-12,15,17-18,23,27H,7,10,13-14,32H2,1-2H3,(H,34,35)(H,36,39). The summed E-state index contributed by atoms with van der Waals surface area (Å²) in [4.78, 5) is 20.6. The summed E-state index contributed by atoms with van der Waals surface area (Å²) in [6.45, 7) is 2.97. The number of nitrogens with one attached hydrogen (secondary N) is 2. The summed E-state index contributed by atoms with van der Waals surface area (Å²) in [5, 5.41) is 10.7. The van der Waals surface area contributed by atoms with E-state index in [1.165, 1.54) is 23.8 Å². The van der Waals surface area contributed by atoms with Crippen molar-refractivity contribution in [2.75, 3.05) is 25.6 Å². The van der Waals surface area contributed by atoms with Gasteiger partial charge in [-0.15, -0.1) is 0 Å². The summed E-state index contributed by atoms with van der Waals surface area (Å²) in [6, 6.07) is 7.47. The number of nitrogens with two attached hydrogens (primary N) is 1. The van der Waals surface area contributed by atoms with Crippen LogP contribution in [-0.2, 0) is 9.47 Å². The van der Waals surface area contributed by atoms with E-state index in [1.807, 2.05) is 6.07 Å². The molecule has 6 rings (SSSR count). The van der Waals surface area contributed by atoms with Gasteiger partial charge in [-0.3, -0.25) is 4.98 Å². The number of pyridine rings is 1. The van der Waals surface area contributed by atoms with Gasteiger partial charge in [-0.25, -0.2) is 18.6 Å². The number of aromatic nitrogens is 4. The van der Waals surface area contributed by atoms with Gasteiger partial charge in [0.05, 0.1) is 55.2 Å². The monoisotopic (exact) mass is 563 g/mol. The molecule has 41 heavy (non-hydrogen) atoms. The van der Waals surface area contributed by atoms with E-state index in [-0.39, 0.29) is 41.1 Å². The Morgan fingerprint density at radius 2 is 1.90 bits per heavy atom. The highest BCUT2D eigenvalue weighted by Crippen LogP contribution is 2.39. The van der Waals surface area contributed by atoms with Gasteiger partial charge in [-0.2, -0.15) is 9.61 Å². The SMILES string of the molecule is COC(=O)NC1C(C)CC(c2ccncc2Nc2ncc3ccc(-c4c(F)cc(C5COC5)cc4F)nn23)CC1N. The Kier molecular flexibility index (Phi) is 7.26. The molecule has 2 aliphatic rings. The number of alkyl carbamates (subject to hydrolysis) is 1. The molecule has 1 saturated heterocycles. The third-order valence-corrected chi connectivity index (χ3v) is 8.11. The summed E-state index contributed by atoms with van der Waals surface area (Å²) in [5.74, 6) is -0.778. The minimum atomic E-state index is -0.675. The van der Waals surface area contributed by atoms with Crippen LogP contribution in [0.2, 0.25) is 0 Å². The second kappa shape index (κ2) is 11.0. The Morgan fingerprint density at radius 1 is 1.12 bits per heavy atom. The molecule has 0 radical (unpaired) electrons. The van der Waals surface area contributed by atoms with Crippen LogP contribution in [-0.4, -0.2) is 58.1 Å². The predicted octanol–water partition coefficient (Wildman–Crippen LogP) is 4.49. The average Bonchev–Trinajstić information content (AvgIpc) is 3.31. The smallest absolute Gasteiger partial charge is 0.407 e. The van der Waals surface area contributed by atoms with Crippen LogP contribution in [0, 0.1) is 17.6 Å². The fourth-order valence-electron chi connectivity index (χ4n) is 5.88. The summed E-state index contributed by atoms with van der Waals surface area (Å²) in [7, 11) is 1.33. The number of imidazole rings is 1. The van der Waals surface area contributed by atoms with Crippen LogP contribution in [0.15, 0.2) is 48.9 Å². The van der Waals surface area contributed by atoms with Gasteiger partial charge in [0, 0.05) is 24.2 Å². The van der Waals surface area contributed by atoms with E-state index < -0.39 is 17.7 Å². The first kappa shape index (κ1) is 27.0. The molecule has 1 aromatic carbocycles. The number of hydrogen-bond acceptors (Lipinski definition) is 8. The number of hydrogen-bond donors (Lipinski definition) is 3. The van der Waals surface area contributed by atoms with Crippen molar-refractivity contribution < 1.29 is 23.0 Å². The number of rotatable bonds is 6. The third kappa shape index (κ3) is 5.20. The van der Waals surface area contributed by atoms with Gasteiger partial charge in [0.1, 0.15) is 11.6 Å². The summed E-state index contributed by atoms with van der Waals surface area (Å²) >= 11 is 0. The molecule has 0 spiro atoms. The molecule has 10 nitrogen and oxygen atoms in total. The lowest BCUT2D eigenvalue weighted by molar-refractivity contribution is 0.00822. The zero-order chi connectivity index (χ0) is 28.7. The van der Waals surface area contributed by atoms with Crippen LogP contribution >= 0.6 is 0 Å². The lowest BCUT2D eigenvalue weighted by atomic mass is 9.73. The highest BCUT2D eigenvalue weighted by atomic mass is 19.1. The molecular formula is C29H31F2N7O3. The Hall–Kier alpha value is -4.16.